The first kappa shape index (κ1) is 16.2. The highest BCUT2D eigenvalue weighted by molar-refractivity contribution is 5.92. The molecule has 0 radical (unpaired) electrons. The topological polar surface area (TPSA) is 123 Å². The summed E-state index contributed by atoms with van der Waals surface area (Å²) in [4.78, 5) is 27.6. The van der Waals surface area contributed by atoms with Crippen LogP contribution in [0.15, 0.2) is 55.2 Å². The third kappa shape index (κ3) is 2.80. The Hall–Kier alpha value is -3.95. The van der Waals surface area contributed by atoms with Gasteiger partial charge in [-0.15, -0.1) is 0 Å². The van der Waals surface area contributed by atoms with Crippen LogP contribution in [0, 0.1) is 0 Å². The molecule has 0 fully saturated rings. The lowest BCUT2D eigenvalue weighted by molar-refractivity contribution is 0.381. The molecule has 4 aromatic rings. The molecule has 0 saturated heterocycles. The number of hydrogen-bond donors (Lipinski definition) is 1. The van der Waals surface area contributed by atoms with E-state index in [1.807, 2.05) is 6.07 Å². The molecule has 0 spiro atoms. The summed E-state index contributed by atoms with van der Waals surface area (Å²) >= 11 is 0. The molecule has 0 aliphatic carbocycles. The van der Waals surface area contributed by atoms with E-state index in [-0.39, 0.29) is 30.3 Å². The van der Waals surface area contributed by atoms with Crippen LogP contribution in [0.5, 0.6) is 0 Å². The summed E-state index contributed by atoms with van der Waals surface area (Å²) in [7, 11) is 0. The number of halogens is 1. The predicted octanol–water partition coefficient (Wildman–Crippen LogP) is 2.32. The normalized spacial score (nSPS) is 13.8. The Bertz CT molecular complexity index is 1300. The molecule has 1 N–H and O–H groups in total. The lowest BCUT2D eigenvalue weighted by Gasteiger charge is -2.03. The van der Waals surface area contributed by atoms with Gasteiger partial charge in [0.15, 0.2) is 0 Å². The fourth-order valence-corrected chi connectivity index (χ4v) is 2.94. The number of nitrogens with zero attached hydrogens (tertiary/aromatic N) is 5. The maximum atomic E-state index is 13.6. The number of benzene rings is 1. The molecule has 0 bridgehead atoms. The number of aromatic amines is 1. The van der Waals surface area contributed by atoms with Crippen molar-refractivity contribution in [3.8, 4) is 11.3 Å². The van der Waals surface area contributed by atoms with Crippen LogP contribution in [-0.4, -0.2) is 38.0 Å². The molecule has 0 unspecified atom stereocenters. The molecule has 1 aliphatic rings. The van der Waals surface area contributed by atoms with Crippen LogP contribution in [0.2, 0.25) is 0 Å². The first-order valence-electron chi connectivity index (χ1n) is 8.32. The van der Waals surface area contributed by atoms with Crippen LogP contribution >= 0.6 is 0 Å². The number of H-pyrrole nitrogens is 1. The highest BCUT2D eigenvalue weighted by atomic mass is 19.1. The number of rotatable bonds is 4. The summed E-state index contributed by atoms with van der Waals surface area (Å²) in [6.45, 7) is 0.170. The van der Waals surface area contributed by atoms with E-state index in [2.05, 4.69) is 30.3 Å². The van der Waals surface area contributed by atoms with Gasteiger partial charge in [-0.25, -0.2) is 4.39 Å². The van der Waals surface area contributed by atoms with Crippen LogP contribution in [0.25, 0.3) is 27.7 Å². The zero-order chi connectivity index (χ0) is 19.1. The second-order valence-corrected chi connectivity index (χ2v) is 6.12. The molecule has 5 rings (SSSR count). The third-order valence-corrected chi connectivity index (χ3v) is 4.30. The van der Waals surface area contributed by atoms with E-state index in [4.69, 9.17) is 9.05 Å². The average Bonchev–Trinajstić information content (AvgIpc) is 3.43. The molecule has 0 amide bonds. The quantitative estimate of drug-likeness (QED) is 0.578. The summed E-state index contributed by atoms with van der Waals surface area (Å²) in [5, 5.41) is 8.05. The van der Waals surface area contributed by atoms with Gasteiger partial charge in [-0.05, 0) is 12.1 Å². The zero-order valence-corrected chi connectivity index (χ0v) is 14.2. The van der Waals surface area contributed by atoms with Gasteiger partial charge in [0.25, 0.3) is 5.56 Å². The van der Waals surface area contributed by atoms with Gasteiger partial charge >= 0.3 is 0 Å². The Kier molecular flexibility index (Phi) is 3.68. The molecule has 0 saturated carbocycles. The number of nitrogens with one attached hydrogen (secondary N) is 1. The third-order valence-electron chi connectivity index (χ3n) is 4.30. The smallest absolute Gasteiger partial charge is 0.280 e. The lowest BCUT2D eigenvalue weighted by Crippen LogP contribution is -2.12. The fourth-order valence-electron chi connectivity index (χ4n) is 2.94. The standard InChI is InChI=1S/C18H11FN6O3/c19-12-8-20-7-11(12)17-23-16(28-25-17)6-15-21-14-2-1-9(13-3-4-27-24-13)5-10(14)18(26)22-15/h1-5,8H,6-7H2,(H,21,22,26). The van der Waals surface area contributed by atoms with Crippen LogP contribution in [0.3, 0.4) is 0 Å². The highest BCUT2D eigenvalue weighted by Gasteiger charge is 2.19. The van der Waals surface area contributed by atoms with Crippen molar-refractivity contribution in [2.45, 2.75) is 6.42 Å². The van der Waals surface area contributed by atoms with Gasteiger partial charge in [-0.3, -0.25) is 9.79 Å². The van der Waals surface area contributed by atoms with Crippen LogP contribution < -0.4 is 5.56 Å². The number of aliphatic imine (C=N–C) groups is 1. The summed E-state index contributed by atoms with van der Waals surface area (Å²) in [6.07, 6.45) is 2.70. The van der Waals surface area contributed by atoms with Crippen molar-refractivity contribution < 1.29 is 13.4 Å². The van der Waals surface area contributed by atoms with E-state index in [1.54, 1.807) is 18.2 Å². The Balaban J connectivity index is 1.46. The number of hydrogen-bond acceptors (Lipinski definition) is 8. The van der Waals surface area contributed by atoms with Gasteiger partial charge in [0.05, 0.1) is 35.7 Å². The maximum Gasteiger partial charge on any atom is 0.280 e. The average molecular weight is 378 g/mol. The van der Waals surface area contributed by atoms with E-state index < -0.39 is 11.4 Å². The van der Waals surface area contributed by atoms with Gasteiger partial charge in [0.1, 0.15) is 23.6 Å². The lowest BCUT2D eigenvalue weighted by atomic mass is 10.1. The molecule has 0 atom stereocenters. The van der Waals surface area contributed by atoms with E-state index in [0.29, 0.717) is 22.4 Å². The fraction of sp³-hybridized carbons (Fsp3) is 0.111. The largest absolute Gasteiger partial charge is 0.364 e. The van der Waals surface area contributed by atoms with Crippen molar-refractivity contribution in [3.63, 3.8) is 0 Å². The molecular formula is C18H11FN6O3. The predicted molar refractivity (Wildman–Crippen MR) is 96.4 cm³/mol. The molecule has 138 valence electrons. The summed E-state index contributed by atoms with van der Waals surface area (Å²) in [5.41, 5.74) is 1.86. The van der Waals surface area contributed by atoms with E-state index in [0.717, 1.165) is 11.8 Å². The number of fused-ring (bicyclic) bond motifs is 1. The van der Waals surface area contributed by atoms with Crippen molar-refractivity contribution in [2.24, 2.45) is 4.99 Å². The molecule has 9 nitrogen and oxygen atoms in total. The van der Waals surface area contributed by atoms with E-state index >= 15 is 0 Å². The minimum Gasteiger partial charge on any atom is -0.364 e. The Labute approximate surface area is 155 Å². The minimum absolute atomic E-state index is 0.110. The summed E-state index contributed by atoms with van der Waals surface area (Å²) in [6, 6.07) is 6.99. The van der Waals surface area contributed by atoms with E-state index in [1.165, 1.54) is 6.26 Å². The Morgan fingerprint density at radius 3 is 2.89 bits per heavy atom. The molecule has 4 heterocycles. The minimum atomic E-state index is -0.479. The molecule has 28 heavy (non-hydrogen) atoms. The molecule has 1 aromatic carbocycles. The first-order valence-corrected chi connectivity index (χ1v) is 8.32. The molecular weight excluding hydrogens is 367 g/mol. The van der Waals surface area contributed by atoms with Crippen molar-refractivity contribution in [1.82, 2.24) is 25.3 Å². The van der Waals surface area contributed by atoms with Crippen molar-refractivity contribution in [3.05, 3.63) is 64.2 Å². The number of aromatic nitrogens is 5. The Morgan fingerprint density at radius 1 is 1.18 bits per heavy atom. The maximum absolute atomic E-state index is 13.6. The summed E-state index contributed by atoms with van der Waals surface area (Å²) < 4.78 is 23.6. The van der Waals surface area contributed by atoms with Gasteiger partial charge in [0, 0.05) is 11.6 Å². The number of allylic oxidation sites excluding steroid dienone is 1. The van der Waals surface area contributed by atoms with Gasteiger partial charge in [-0.2, -0.15) is 9.97 Å². The zero-order valence-electron chi connectivity index (χ0n) is 14.2. The van der Waals surface area contributed by atoms with E-state index in [9.17, 15) is 9.18 Å². The monoisotopic (exact) mass is 378 g/mol. The van der Waals surface area contributed by atoms with Crippen molar-refractivity contribution in [2.75, 3.05) is 6.54 Å². The first-order chi connectivity index (χ1) is 13.7. The van der Waals surface area contributed by atoms with Crippen molar-refractivity contribution >= 4 is 22.7 Å². The highest BCUT2D eigenvalue weighted by Crippen LogP contribution is 2.22. The summed E-state index contributed by atoms with van der Waals surface area (Å²) in [5.74, 6) is 0.237. The van der Waals surface area contributed by atoms with Crippen LogP contribution in [0.1, 0.15) is 17.5 Å². The van der Waals surface area contributed by atoms with Crippen LogP contribution in [0.4, 0.5) is 4.39 Å². The SMILES string of the molecule is O=c1nc(Cc2nc(C3=C(F)C=NC3)no2)[nH]c2ccc(-c3ccon3)cc12. The van der Waals surface area contributed by atoms with Crippen LogP contribution in [-0.2, 0) is 6.42 Å². The molecule has 3 aromatic heterocycles. The molecule has 1 aliphatic heterocycles. The second kappa shape index (κ2) is 6.34. The van der Waals surface area contributed by atoms with Gasteiger partial charge in [0.2, 0.25) is 11.7 Å². The van der Waals surface area contributed by atoms with Crippen molar-refractivity contribution in [1.29, 1.82) is 0 Å². The molecule has 10 heteroatoms. The Morgan fingerprint density at radius 2 is 2.11 bits per heavy atom. The van der Waals surface area contributed by atoms with Gasteiger partial charge in [-0.1, -0.05) is 16.4 Å². The van der Waals surface area contributed by atoms with Gasteiger partial charge < -0.3 is 14.0 Å². The second-order valence-electron chi connectivity index (χ2n) is 6.12.